The number of ether oxygens (including phenoxy) is 1. The average molecular weight is 333 g/mol. The first-order valence-electron chi connectivity index (χ1n) is 7.94. The molecule has 2 aromatic carbocycles. The van der Waals surface area contributed by atoms with Gasteiger partial charge < -0.3 is 15.4 Å². The molecule has 0 bridgehead atoms. The van der Waals surface area contributed by atoms with E-state index in [-0.39, 0.29) is 5.91 Å². The lowest BCUT2D eigenvalue weighted by molar-refractivity contribution is 0.102. The largest absolute Gasteiger partial charge is 0.496 e. The van der Waals surface area contributed by atoms with Crippen molar-refractivity contribution in [2.24, 2.45) is 0 Å². The van der Waals surface area contributed by atoms with Crippen LogP contribution in [-0.2, 0) is 6.54 Å². The van der Waals surface area contributed by atoms with E-state index in [0.29, 0.717) is 23.5 Å². The van der Waals surface area contributed by atoms with E-state index in [2.05, 4.69) is 27.8 Å². The number of methoxy groups -OCH3 is 1. The summed E-state index contributed by atoms with van der Waals surface area (Å²) >= 11 is 0. The molecule has 5 heteroatoms. The molecule has 126 valence electrons. The van der Waals surface area contributed by atoms with Crippen molar-refractivity contribution in [2.75, 3.05) is 17.7 Å². The van der Waals surface area contributed by atoms with Gasteiger partial charge in [-0.25, -0.2) is 4.98 Å². The number of amides is 1. The van der Waals surface area contributed by atoms with E-state index in [9.17, 15) is 4.79 Å². The Kier molecular flexibility index (Phi) is 5.26. The summed E-state index contributed by atoms with van der Waals surface area (Å²) in [5, 5.41) is 6.07. The number of carbonyl (C=O) groups excluding carboxylic acids is 1. The van der Waals surface area contributed by atoms with Crippen molar-refractivity contribution in [3.05, 3.63) is 84.1 Å². The SMILES string of the molecule is COc1ccccc1C(=O)Nc1ccc(NCc2ccccc2)nc1. The number of carbonyl (C=O) groups is 1. The molecular formula is C20H19N3O2. The lowest BCUT2D eigenvalue weighted by Gasteiger charge is -2.10. The fraction of sp³-hybridized carbons (Fsp3) is 0.100. The lowest BCUT2D eigenvalue weighted by Crippen LogP contribution is -2.13. The van der Waals surface area contributed by atoms with Crippen molar-refractivity contribution in [3.8, 4) is 5.75 Å². The zero-order valence-corrected chi connectivity index (χ0v) is 13.9. The Balaban J connectivity index is 1.61. The fourth-order valence-electron chi connectivity index (χ4n) is 2.39. The van der Waals surface area contributed by atoms with E-state index in [1.807, 2.05) is 36.4 Å². The van der Waals surface area contributed by atoms with Crippen LogP contribution in [-0.4, -0.2) is 18.0 Å². The molecule has 5 nitrogen and oxygen atoms in total. The predicted octanol–water partition coefficient (Wildman–Crippen LogP) is 3.95. The number of aromatic nitrogens is 1. The van der Waals surface area contributed by atoms with Crippen molar-refractivity contribution in [1.29, 1.82) is 0 Å². The van der Waals surface area contributed by atoms with Gasteiger partial charge in [-0.2, -0.15) is 0 Å². The third kappa shape index (κ3) is 4.35. The van der Waals surface area contributed by atoms with Crippen LogP contribution < -0.4 is 15.4 Å². The van der Waals surface area contributed by atoms with E-state index < -0.39 is 0 Å². The van der Waals surface area contributed by atoms with Gasteiger partial charge in [0.2, 0.25) is 0 Å². The first-order chi connectivity index (χ1) is 12.3. The first kappa shape index (κ1) is 16.5. The maximum atomic E-state index is 12.4. The highest BCUT2D eigenvalue weighted by atomic mass is 16.5. The van der Waals surface area contributed by atoms with Crippen molar-refractivity contribution < 1.29 is 9.53 Å². The van der Waals surface area contributed by atoms with Gasteiger partial charge in [0.25, 0.3) is 5.91 Å². The molecule has 0 saturated heterocycles. The van der Waals surface area contributed by atoms with Crippen LogP contribution in [0.1, 0.15) is 15.9 Å². The Hall–Kier alpha value is -3.34. The van der Waals surface area contributed by atoms with Gasteiger partial charge in [0, 0.05) is 6.54 Å². The number of rotatable bonds is 6. The Morgan fingerprint density at radius 3 is 2.48 bits per heavy atom. The lowest BCUT2D eigenvalue weighted by atomic mass is 10.2. The van der Waals surface area contributed by atoms with E-state index in [4.69, 9.17) is 4.74 Å². The van der Waals surface area contributed by atoms with Crippen LogP contribution in [0.5, 0.6) is 5.75 Å². The Bertz CT molecular complexity index is 833. The zero-order valence-electron chi connectivity index (χ0n) is 13.9. The number of anilines is 2. The monoisotopic (exact) mass is 333 g/mol. The summed E-state index contributed by atoms with van der Waals surface area (Å²) in [4.78, 5) is 16.7. The molecule has 0 unspecified atom stereocenters. The van der Waals surface area contributed by atoms with Gasteiger partial charge in [-0.3, -0.25) is 4.79 Å². The highest BCUT2D eigenvalue weighted by molar-refractivity contribution is 6.06. The minimum atomic E-state index is -0.232. The van der Waals surface area contributed by atoms with E-state index in [1.165, 1.54) is 5.56 Å². The second kappa shape index (κ2) is 7.97. The maximum absolute atomic E-state index is 12.4. The molecule has 1 amide bonds. The van der Waals surface area contributed by atoms with Gasteiger partial charge in [0.1, 0.15) is 11.6 Å². The van der Waals surface area contributed by atoms with Crippen LogP contribution in [0.25, 0.3) is 0 Å². The standard InChI is InChI=1S/C20H19N3O2/c1-25-18-10-6-5-9-17(18)20(24)23-16-11-12-19(22-14-16)21-13-15-7-3-2-4-8-15/h2-12,14H,13H2,1H3,(H,21,22)(H,23,24). The quantitative estimate of drug-likeness (QED) is 0.717. The van der Waals surface area contributed by atoms with Crippen LogP contribution in [0, 0.1) is 0 Å². The van der Waals surface area contributed by atoms with Crippen molar-refractivity contribution >= 4 is 17.4 Å². The van der Waals surface area contributed by atoms with Crippen molar-refractivity contribution in [2.45, 2.75) is 6.54 Å². The molecule has 0 aliphatic rings. The van der Waals surface area contributed by atoms with Gasteiger partial charge in [-0.05, 0) is 29.8 Å². The second-order valence-electron chi connectivity index (χ2n) is 5.43. The molecule has 0 aliphatic heterocycles. The second-order valence-corrected chi connectivity index (χ2v) is 5.43. The normalized spacial score (nSPS) is 10.1. The van der Waals surface area contributed by atoms with E-state index in [0.717, 1.165) is 5.82 Å². The van der Waals surface area contributed by atoms with Crippen LogP contribution in [0.3, 0.4) is 0 Å². The summed E-state index contributed by atoms with van der Waals surface area (Å²) in [5.74, 6) is 1.05. The molecule has 0 fully saturated rings. The summed E-state index contributed by atoms with van der Waals surface area (Å²) in [6.07, 6.45) is 1.63. The minimum absolute atomic E-state index is 0.232. The Labute approximate surface area is 146 Å². The molecule has 3 rings (SSSR count). The van der Waals surface area contributed by atoms with Gasteiger partial charge in [0.05, 0.1) is 24.6 Å². The molecule has 25 heavy (non-hydrogen) atoms. The third-order valence-electron chi connectivity index (χ3n) is 3.69. The zero-order chi connectivity index (χ0) is 17.5. The molecule has 2 N–H and O–H groups in total. The summed E-state index contributed by atoms with van der Waals surface area (Å²) in [6, 6.07) is 20.8. The average Bonchev–Trinajstić information content (AvgIpc) is 2.68. The smallest absolute Gasteiger partial charge is 0.259 e. The number of hydrogen-bond acceptors (Lipinski definition) is 4. The summed E-state index contributed by atoms with van der Waals surface area (Å²) in [5.41, 5.74) is 2.29. The molecular weight excluding hydrogens is 314 g/mol. The number of hydrogen-bond donors (Lipinski definition) is 2. The summed E-state index contributed by atoms with van der Waals surface area (Å²) in [7, 11) is 1.54. The molecule has 1 aromatic heterocycles. The third-order valence-corrected chi connectivity index (χ3v) is 3.69. The highest BCUT2D eigenvalue weighted by Gasteiger charge is 2.11. The predicted molar refractivity (Wildman–Crippen MR) is 99.0 cm³/mol. The van der Waals surface area contributed by atoms with E-state index >= 15 is 0 Å². The molecule has 3 aromatic rings. The van der Waals surface area contributed by atoms with Gasteiger partial charge in [0.15, 0.2) is 0 Å². The molecule has 0 aliphatic carbocycles. The van der Waals surface area contributed by atoms with E-state index in [1.54, 1.807) is 31.5 Å². The van der Waals surface area contributed by atoms with Gasteiger partial charge >= 0.3 is 0 Å². The number of nitrogens with one attached hydrogen (secondary N) is 2. The number of pyridine rings is 1. The van der Waals surface area contributed by atoms with Crippen LogP contribution in [0.15, 0.2) is 72.9 Å². The molecule has 1 heterocycles. The molecule has 0 atom stereocenters. The summed E-state index contributed by atoms with van der Waals surface area (Å²) < 4.78 is 5.21. The molecule has 0 saturated carbocycles. The Morgan fingerprint density at radius 2 is 1.76 bits per heavy atom. The fourth-order valence-corrected chi connectivity index (χ4v) is 2.39. The minimum Gasteiger partial charge on any atom is -0.496 e. The van der Waals surface area contributed by atoms with Crippen molar-refractivity contribution in [3.63, 3.8) is 0 Å². The topological polar surface area (TPSA) is 63.2 Å². The highest BCUT2D eigenvalue weighted by Crippen LogP contribution is 2.19. The van der Waals surface area contributed by atoms with Crippen LogP contribution in [0.4, 0.5) is 11.5 Å². The van der Waals surface area contributed by atoms with Crippen LogP contribution >= 0.6 is 0 Å². The Morgan fingerprint density at radius 1 is 1.00 bits per heavy atom. The van der Waals surface area contributed by atoms with Crippen molar-refractivity contribution in [1.82, 2.24) is 4.98 Å². The molecule has 0 spiro atoms. The summed E-state index contributed by atoms with van der Waals surface area (Å²) in [6.45, 7) is 0.695. The number of benzene rings is 2. The van der Waals surface area contributed by atoms with Crippen LogP contribution in [0.2, 0.25) is 0 Å². The molecule has 0 radical (unpaired) electrons. The number of nitrogens with zero attached hydrogens (tertiary/aromatic N) is 1. The maximum Gasteiger partial charge on any atom is 0.259 e. The first-order valence-corrected chi connectivity index (χ1v) is 7.94. The van der Waals surface area contributed by atoms with Gasteiger partial charge in [-0.1, -0.05) is 42.5 Å². The van der Waals surface area contributed by atoms with Gasteiger partial charge in [-0.15, -0.1) is 0 Å². The number of para-hydroxylation sites is 1.